The number of nitrogens with zero attached hydrogens (tertiary/aromatic N) is 1. The zero-order valence-electron chi connectivity index (χ0n) is 17.7. The molecule has 0 radical (unpaired) electrons. The van der Waals surface area contributed by atoms with Crippen LogP contribution in [0.5, 0.6) is 5.75 Å². The molecule has 0 bridgehead atoms. The number of benzene rings is 2. The number of hydrogen-bond acceptors (Lipinski definition) is 4. The lowest BCUT2D eigenvalue weighted by Crippen LogP contribution is -2.31. The molecule has 0 amide bonds. The quantitative estimate of drug-likeness (QED) is 0.624. The minimum atomic E-state index is -0.376. The van der Waals surface area contributed by atoms with Crippen LogP contribution in [0.1, 0.15) is 59.4 Å². The van der Waals surface area contributed by atoms with Crippen LogP contribution in [0.25, 0.3) is 10.9 Å². The van der Waals surface area contributed by atoms with E-state index in [4.69, 9.17) is 4.74 Å². The van der Waals surface area contributed by atoms with Crippen molar-refractivity contribution < 1.29 is 9.53 Å². The minimum absolute atomic E-state index is 0. The maximum atomic E-state index is 13.4. The first-order chi connectivity index (χ1) is 14.5. The molecule has 1 aliphatic carbocycles. The van der Waals surface area contributed by atoms with Crippen molar-refractivity contribution in [2.45, 2.75) is 32.1 Å². The van der Waals surface area contributed by atoms with Gasteiger partial charge in [0.25, 0.3) is 0 Å². The maximum Gasteiger partial charge on any atom is 0.195 e. The van der Waals surface area contributed by atoms with Gasteiger partial charge in [0.2, 0.25) is 0 Å². The number of rotatable bonds is 3. The summed E-state index contributed by atoms with van der Waals surface area (Å²) in [6.45, 7) is 7.08. The molecule has 1 aromatic heterocycles. The Labute approximate surface area is 188 Å². The van der Waals surface area contributed by atoms with Crippen LogP contribution in [0, 0.1) is 17.2 Å². The van der Waals surface area contributed by atoms with Crippen molar-refractivity contribution in [2.75, 3.05) is 19.7 Å². The molecule has 2 heterocycles. The van der Waals surface area contributed by atoms with Gasteiger partial charge >= 0.3 is 0 Å². The average Bonchev–Trinajstić information content (AvgIpc) is 3.17. The van der Waals surface area contributed by atoms with Crippen LogP contribution in [0.4, 0.5) is 0 Å². The molecule has 5 rings (SSSR count). The molecule has 2 N–H and O–H groups in total. The van der Waals surface area contributed by atoms with E-state index in [-0.39, 0.29) is 23.6 Å². The van der Waals surface area contributed by atoms with Crippen molar-refractivity contribution in [3.05, 3.63) is 64.3 Å². The molecule has 2 aliphatic rings. The average molecular weight is 436 g/mol. The Hall–Kier alpha value is -2.81. The lowest BCUT2D eigenvalue weighted by atomic mass is 9.71. The lowest BCUT2D eigenvalue weighted by Gasteiger charge is -2.32. The molecule has 3 aromatic rings. The number of carbonyl (C=O) groups is 1. The van der Waals surface area contributed by atoms with E-state index < -0.39 is 0 Å². The molecule has 0 saturated carbocycles. The van der Waals surface area contributed by atoms with Crippen LogP contribution in [-0.2, 0) is 5.41 Å². The number of aromatic amines is 1. The predicted molar refractivity (Wildman–Crippen MR) is 123 cm³/mol. The fourth-order valence-corrected chi connectivity index (χ4v) is 4.83. The van der Waals surface area contributed by atoms with Gasteiger partial charge in [-0.15, -0.1) is 12.4 Å². The summed E-state index contributed by atoms with van der Waals surface area (Å²) >= 11 is 0. The standard InChI is InChI=1S/C25H25N3O2.ClH/c1-25(2)20-12-17(30-14-15-7-9-27-10-8-15)4-6-18(20)23(29)22-19-5-3-16(13-26)11-21(19)28-24(22)25;/h3-6,11-12,15,27-28H,7-10,14H2,1-2H3;1H. The van der Waals surface area contributed by atoms with Crippen molar-refractivity contribution in [3.8, 4) is 11.8 Å². The van der Waals surface area contributed by atoms with Gasteiger partial charge < -0.3 is 15.0 Å². The van der Waals surface area contributed by atoms with E-state index in [9.17, 15) is 10.1 Å². The van der Waals surface area contributed by atoms with Crippen LogP contribution in [0.3, 0.4) is 0 Å². The number of H-pyrrole nitrogens is 1. The second-order valence-electron chi connectivity index (χ2n) is 8.91. The number of nitriles is 1. The first kappa shape index (κ1) is 21.4. The van der Waals surface area contributed by atoms with E-state index in [1.165, 1.54) is 0 Å². The molecule has 160 valence electrons. The van der Waals surface area contributed by atoms with Gasteiger partial charge in [-0.05, 0) is 67.7 Å². The van der Waals surface area contributed by atoms with Gasteiger partial charge in [-0.3, -0.25) is 4.79 Å². The van der Waals surface area contributed by atoms with Gasteiger partial charge in [0.05, 0.1) is 23.8 Å². The molecular weight excluding hydrogens is 410 g/mol. The number of aromatic nitrogens is 1. The van der Waals surface area contributed by atoms with Crippen molar-refractivity contribution >= 4 is 29.1 Å². The monoisotopic (exact) mass is 435 g/mol. The molecule has 1 aliphatic heterocycles. The maximum absolute atomic E-state index is 13.4. The Balaban J connectivity index is 0.00000231. The molecule has 5 nitrogen and oxygen atoms in total. The summed E-state index contributed by atoms with van der Waals surface area (Å²) in [5.74, 6) is 1.42. The Kier molecular flexibility index (Phi) is 5.55. The second kappa shape index (κ2) is 8.03. The number of fused-ring (bicyclic) bond motifs is 4. The SMILES string of the molecule is CC1(C)c2cc(OCC3CCNCC3)ccc2C(=O)c2c1[nH]c1cc(C#N)ccc21.Cl. The number of piperidine rings is 1. The predicted octanol–water partition coefficient (Wildman–Crippen LogP) is 4.71. The largest absolute Gasteiger partial charge is 0.493 e. The van der Waals surface area contributed by atoms with Crippen LogP contribution < -0.4 is 10.1 Å². The zero-order chi connectivity index (χ0) is 20.9. The number of carbonyl (C=O) groups excluding carboxylic acids is 1. The van der Waals surface area contributed by atoms with Crippen LogP contribution >= 0.6 is 12.4 Å². The van der Waals surface area contributed by atoms with Gasteiger partial charge in [-0.1, -0.05) is 19.9 Å². The Morgan fingerprint density at radius 2 is 1.94 bits per heavy atom. The third-order valence-electron chi connectivity index (χ3n) is 6.63. The van der Waals surface area contributed by atoms with Gasteiger partial charge in [0.1, 0.15) is 5.75 Å². The van der Waals surface area contributed by atoms with E-state index >= 15 is 0 Å². The van der Waals surface area contributed by atoms with E-state index in [2.05, 4.69) is 30.2 Å². The van der Waals surface area contributed by atoms with Crippen molar-refractivity contribution in [3.63, 3.8) is 0 Å². The van der Waals surface area contributed by atoms with E-state index in [1.54, 1.807) is 6.07 Å². The number of ether oxygens (including phenoxy) is 1. The third kappa shape index (κ3) is 3.50. The minimum Gasteiger partial charge on any atom is -0.493 e. The van der Waals surface area contributed by atoms with Crippen LogP contribution in [0.2, 0.25) is 0 Å². The van der Waals surface area contributed by atoms with Crippen molar-refractivity contribution in [2.24, 2.45) is 5.92 Å². The van der Waals surface area contributed by atoms with Gasteiger partial charge in [0, 0.05) is 27.6 Å². The summed E-state index contributed by atoms with van der Waals surface area (Å²) in [6.07, 6.45) is 2.27. The number of halogens is 1. The molecule has 0 atom stereocenters. The fraction of sp³-hybridized carbons (Fsp3) is 0.360. The number of hydrogen-bond donors (Lipinski definition) is 2. The van der Waals surface area contributed by atoms with Gasteiger partial charge in [-0.2, -0.15) is 5.26 Å². The highest BCUT2D eigenvalue weighted by molar-refractivity contribution is 6.20. The topological polar surface area (TPSA) is 77.9 Å². The Morgan fingerprint density at radius 3 is 2.68 bits per heavy atom. The second-order valence-corrected chi connectivity index (χ2v) is 8.91. The highest BCUT2D eigenvalue weighted by atomic mass is 35.5. The van der Waals surface area contributed by atoms with E-state index in [0.29, 0.717) is 18.1 Å². The lowest BCUT2D eigenvalue weighted by molar-refractivity contribution is 0.103. The molecular formula is C25H26ClN3O2. The summed E-state index contributed by atoms with van der Waals surface area (Å²) < 4.78 is 6.13. The summed E-state index contributed by atoms with van der Waals surface area (Å²) in [4.78, 5) is 16.8. The third-order valence-corrected chi connectivity index (χ3v) is 6.63. The Morgan fingerprint density at radius 1 is 1.16 bits per heavy atom. The van der Waals surface area contributed by atoms with E-state index in [0.717, 1.165) is 65.0 Å². The number of ketones is 1. The van der Waals surface area contributed by atoms with Crippen LogP contribution in [-0.4, -0.2) is 30.5 Å². The van der Waals surface area contributed by atoms with Crippen molar-refractivity contribution in [1.82, 2.24) is 10.3 Å². The summed E-state index contributed by atoms with van der Waals surface area (Å²) in [5, 5.41) is 13.5. The molecule has 6 heteroatoms. The summed E-state index contributed by atoms with van der Waals surface area (Å²) in [6, 6.07) is 13.5. The molecule has 0 unspecified atom stereocenters. The van der Waals surface area contributed by atoms with Crippen molar-refractivity contribution in [1.29, 1.82) is 5.26 Å². The highest BCUT2D eigenvalue weighted by Crippen LogP contribution is 2.44. The zero-order valence-corrected chi connectivity index (χ0v) is 18.6. The first-order valence-corrected chi connectivity index (χ1v) is 10.6. The Bertz CT molecular complexity index is 1200. The first-order valence-electron chi connectivity index (χ1n) is 10.6. The van der Waals surface area contributed by atoms with Gasteiger partial charge in [-0.25, -0.2) is 0 Å². The molecule has 31 heavy (non-hydrogen) atoms. The fourth-order valence-electron chi connectivity index (χ4n) is 4.83. The van der Waals surface area contributed by atoms with Gasteiger partial charge in [0.15, 0.2) is 5.78 Å². The summed E-state index contributed by atoms with van der Waals surface area (Å²) in [5.41, 5.74) is 4.37. The highest BCUT2D eigenvalue weighted by Gasteiger charge is 2.39. The molecule has 2 aromatic carbocycles. The molecule has 1 fully saturated rings. The number of nitrogens with one attached hydrogen (secondary N) is 2. The van der Waals surface area contributed by atoms with E-state index in [1.807, 2.05) is 30.3 Å². The smallest absolute Gasteiger partial charge is 0.195 e. The van der Waals surface area contributed by atoms with Crippen LogP contribution in [0.15, 0.2) is 36.4 Å². The normalized spacial score (nSPS) is 17.4. The molecule has 1 saturated heterocycles. The molecule has 0 spiro atoms. The summed E-state index contributed by atoms with van der Waals surface area (Å²) in [7, 11) is 0.